The predicted octanol–water partition coefficient (Wildman–Crippen LogP) is 4.08. The molecule has 4 rings (SSSR count). The van der Waals surface area contributed by atoms with Gasteiger partial charge in [-0.2, -0.15) is 0 Å². The van der Waals surface area contributed by atoms with Crippen LogP contribution in [0.5, 0.6) is 0 Å². The van der Waals surface area contributed by atoms with Crippen molar-refractivity contribution in [2.24, 2.45) is 0 Å². The highest BCUT2D eigenvalue weighted by atomic mass is 35.5. The van der Waals surface area contributed by atoms with E-state index in [1.54, 1.807) is 0 Å². The van der Waals surface area contributed by atoms with Crippen molar-refractivity contribution in [2.75, 3.05) is 44.3 Å². The topological polar surface area (TPSA) is 53.0 Å². The van der Waals surface area contributed by atoms with Gasteiger partial charge in [0.25, 0.3) is 0 Å². The molecule has 2 aliphatic rings. The molecular formula is C24H29ClN2O3. The highest BCUT2D eigenvalue weighted by Crippen LogP contribution is 2.35. The van der Waals surface area contributed by atoms with Crippen LogP contribution in [0.1, 0.15) is 17.5 Å². The second kappa shape index (κ2) is 10.6. The molecule has 0 spiro atoms. The molecule has 1 N–H and O–H groups in total. The Balaban J connectivity index is 0.00000256. The van der Waals surface area contributed by atoms with Crippen molar-refractivity contribution in [1.82, 2.24) is 4.90 Å². The molecule has 2 aromatic carbocycles. The molecule has 0 saturated carbocycles. The van der Waals surface area contributed by atoms with Crippen LogP contribution in [-0.4, -0.2) is 55.4 Å². The van der Waals surface area contributed by atoms with Gasteiger partial charge in [-0.15, -0.1) is 12.4 Å². The van der Waals surface area contributed by atoms with Crippen LogP contribution >= 0.6 is 12.4 Å². The van der Waals surface area contributed by atoms with Gasteiger partial charge in [0.15, 0.2) is 0 Å². The summed E-state index contributed by atoms with van der Waals surface area (Å²) in [7, 11) is 0. The number of aryl methyl sites for hydroxylation is 2. The molecule has 2 aliphatic heterocycles. The van der Waals surface area contributed by atoms with E-state index in [9.17, 15) is 4.79 Å². The lowest BCUT2D eigenvalue weighted by atomic mass is 10.0. The first-order valence-corrected chi connectivity index (χ1v) is 10.4. The quantitative estimate of drug-likeness (QED) is 0.673. The SMILES string of the molecule is Cl.O=C(O)C1=CCCN(CCOCCN2c3ccccc3CCc3ccccc32)C1. The number of fused-ring (bicyclic) bond motifs is 2. The van der Waals surface area contributed by atoms with Crippen molar-refractivity contribution in [3.8, 4) is 0 Å². The van der Waals surface area contributed by atoms with Crippen LogP contribution in [0.4, 0.5) is 11.4 Å². The Hall–Kier alpha value is -2.34. The number of nitrogens with zero attached hydrogens (tertiary/aromatic N) is 2. The summed E-state index contributed by atoms with van der Waals surface area (Å²) in [5.41, 5.74) is 5.80. The third-order valence-corrected chi connectivity index (χ3v) is 5.74. The van der Waals surface area contributed by atoms with Gasteiger partial charge in [0.1, 0.15) is 0 Å². The number of hydrogen-bond acceptors (Lipinski definition) is 4. The lowest BCUT2D eigenvalue weighted by molar-refractivity contribution is -0.133. The Bertz CT molecular complexity index is 852. The van der Waals surface area contributed by atoms with Gasteiger partial charge in [-0.1, -0.05) is 42.5 Å². The maximum absolute atomic E-state index is 11.1. The van der Waals surface area contributed by atoms with Crippen molar-refractivity contribution < 1.29 is 14.6 Å². The number of anilines is 2. The smallest absolute Gasteiger partial charge is 0.332 e. The molecule has 0 aromatic heterocycles. The molecular weight excluding hydrogens is 400 g/mol. The summed E-state index contributed by atoms with van der Waals surface area (Å²) in [4.78, 5) is 15.7. The second-order valence-electron chi connectivity index (χ2n) is 7.62. The first-order chi connectivity index (χ1) is 14.2. The van der Waals surface area contributed by atoms with Crippen LogP contribution < -0.4 is 4.90 Å². The molecule has 0 unspecified atom stereocenters. The lowest BCUT2D eigenvalue weighted by Gasteiger charge is -2.28. The molecule has 0 saturated heterocycles. The second-order valence-corrected chi connectivity index (χ2v) is 7.62. The van der Waals surface area contributed by atoms with E-state index in [0.29, 0.717) is 25.3 Å². The first kappa shape index (κ1) is 22.3. The molecule has 0 aliphatic carbocycles. The number of para-hydroxylation sites is 2. The first-order valence-electron chi connectivity index (χ1n) is 10.4. The number of benzene rings is 2. The third-order valence-electron chi connectivity index (χ3n) is 5.74. The molecule has 0 bridgehead atoms. The normalized spacial score (nSPS) is 16.0. The number of carbonyl (C=O) groups is 1. The van der Waals surface area contributed by atoms with E-state index < -0.39 is 5.97 Å². The van der Waals surface area contributed by atoms with E-state index in [4.69, 9.17) is 9.84 Å². The number of hydrogen-bond donors (Lipinski definition) is 1. The molecule has 0 radical (unpaired) electrons. The molecule has 0 amide bonds. The maximum Gasteiger partial charge on any atom is 0.332 e. The summed E-state index contributed by atoms with van der Waals surface area (Å²) in [6.45, 7) is 4.22. The minimum absolute atomic E-state index is 0. The fourth-order valence-corrected chi connectivity index (χ4v) is 4.21. The van der Waals surface area contributed by atoms with Crippen LogP contribution in [0.3, 0.4) is 0 Å². The Morgan fingerprint density at radius 3 is 2.17 bits per heavy atom. The van der Waals surface area contributed by atoms with Gasteiger partial charge >= 0.3 is 5.97 Å². The zero-order valence-electron chi connectivity index (χ0n) is 17.1. The van der Waals surface area contributed by atoms with Crippen LogP contribution in [0, 0.1) is 0 Å². The summed E-state index contributed by atoms with van der Waals surface area (Å²) >= 11 is 0. The molecule has 5 nitrogen and oxygen atoms in total. The maximum atomic E-state index is 11.1. The summed E-state index contributed by atoms with van der Waals surface area (Å²) in [6, 6.07) is 17.3. The predicted molar refractivity (Wildman–Crippen MR) is 122 cm³/mol. The Kier molecular flexibility index (Phi) is 7.91. The summed E-state index contributed by atoms with van der Waals surface area (Å²) in [5, 5.41) is 9.16. The Morgan fingerprint density at radius 2 is 1.53 bits per heavy atom. The number of carboxylic acids is 1. The van der Waals surface area contributed by atoms with Crippen LogP contribution in [0.2, 0.25) is 0 Å². The molecule has 0 atom stereocenters. The van der Waals surface area contributed by atoms with Gasteiger partial charge in [0, 0.05) is 43.1 Å². The summed E-state index contributed by atoms with van der Waals surface area (Å²) < 4.78 is 5.96. The van der Waals surface area contributed by atoms with E-state index in [1.165, 1.54) is 22.5 Å². The van der Waals surface area contributed by atoms with E-state index >= 15 is 0 Å². The zero-order chi connectivity index (χ0) is 20.1. The van der Waals surface area contributed by atoms with Gasteiger partial charge in [0.05, 0.1) is 13.2 Å². The van der Waals surface area contributed by atoms with Crippen molar-refractivity contribution >= 4 is 29.8 Å². The summed E-state index contributed by atoms with van der Waals surface area (Å²) in [5.74, 6) is -0.811. The number of carboxylic acid groups (broad SMARTS) is 1. The van der Waals surface area contributed by atoms with Gasteiger partial charge in [-0.05, 0) is 42.5 Å². The number of aliphatic carboxylic acids is 1. The number of ether oxygens (including phenoxy) is 1. The van der Waals surface area contributed by atoms with Gasteiger partial charge < -0.3 is 14.7 Å². The average molecular weight is 429 g/mol. The zero-order valence-corrected chi connectivity index (χ0v) is 17.9. The molecule has 160 valence electrons. The fraction of sp³-hybridized carbons (Fsp3) is 0.375. The molecule has 30 heavy (non-hydrogen) atoms. The number of halogens is 1. The van der Waals surface area contributed by atoms with Crippen LogP contribution in [-0.2, 0) is 22.4 Å². The minimum Gasteiger partial charge on any atom is -0.478 e. The molecule has 6 heteroatoms. The van der Waals surface area contributed by atoms with Gasteiger partial charge in [-0.25, -0.2) is 4.79 Å². The monoisotopic (exact) mass is 428 g/mol. The highest BCUT2D eigenvalue weighted by molar-refractivity contribution is 5.87. The Labute approximate surface area is 184 Å². The van der Waals surface area contributed by atoms with Crippen LogP contribution in [0.25, 0.3) is 0 Å². The standard InChI is InChI=1S/C24H28N2O3.ClH/c27-24(28)21-8-5-13-25(18-21)14-16-29-17-15-26-22-9-3-1-6-19(22)11-12-20-7-2-4-10-23(20)26;/h1-4,6-10H,5,11-18H2,(H,27,28);1H. The highest BCUT2D eigenvalue weighted by Gasteiger charge is 2.20. The lowest BCUT2D eigenvalue weighted by Crippen LogP contribution is -2.35. The van der Waals surface area contributed by atoms with Crippen LogP contribution in [0.15, 0.2) is 60.2 Å². The van der Waals surface area contributed by atoms with Gasteiger partial charge in [-0.3, -0.25) is 4.90 Å². The van der Waals surface area contributed by atoms with Gasteiger partial charge in [0.2, 0.25) is 0 Å². The summed E-state index contributed by atoms with van der Waals surface area (Å²) in [6.07, 6.45) is 4.73. The largest absolute Gasteiger partial charge is 0.478 e. The average Bonchev–Trinajstić information content (AvgIpc) is 2.91. The molecule has 2 aromatic rings. The van der Waals surface area contributed by atoms with Crippen molar-refractivity contribution in [3.05, 3.63) is 71.3 Å². The van der Waals surface area contributed by atoms with E-state index in [1.807, 2.05) is 6.08 Å². The Morgan fingerprint density at radius 1 is 0.933 bits per heavy atom. The van der Waals surface area contributed by atoms with E-state index in [2.05, 4.69) is 58.3 Å². The van der Waals surface area contributed by atoms with Crippen molar-refractivity contribution in [1.29, 1.82) is 0 Å². The number of rotatable bonds is 7. The minimum atomic E-state index is -0.811. The van der Waals surface area contributed by atoms with E-state index in [0.717, 1.165) is 38.9 Å². The molecule has 2 heterocycles. The third kappa shape index (κ3) is 5.22. The fourth-order valence-electron chi connectivity index (χ4n) is 4.21. The van der Waals surface area contributed by atoms with Crippen molar-refractivity contribution in [3.63, 3.8) is 0 Å². The molecule has 0 fully saturated rings. The van der Waals surface area contributed by atoms with E-state index in [-0.39, 0.29) is 12.4 Å². The van der Waals surface area contributed by atoms with Crippen molar-refractivity contribution in [2.45, 2.75) is 19.3 Å².